The van der Waals surface area contributed by atoms with Gasteiger partial charge in [0.1, 0.15) is 11.5 Å². The zero-order valence-electron chi connectivity index (χ0n) is 30.3. The van der Waals surface area contributed by atoms with E-state index in [0.717, 1.165) is 4.90 Å². The normalized spacial score (nSPS) is 20.2. The van der Waals surface area contributed by atoms with Gasteiger partial charge >= 0.3 is 24.5 Å². The molecule has 306 valence electrons. The fourth-order valence-electron chi connectivity index (χ4n) is 8.44. The number of aromatic nitrogens is 1. The lowest BCUT2D eigenvalue weighted by atomic mass is 9.76. The molecule has 6 rings (SSSR count). The summed E-state index contributed by atoms with van der Waals surface area (Å²) >= 11 is 0. The predicted molar refractivity (Wildman–Crippen MR) is 185 cm³/mol. The maximum absolute atomic E-state index is 15.1. The summed E-state index contributed by atoms with van der Waals surface area (Å²) < 4.78 is 134. The van der Waals surface area contributed by atoms with Gasteiger partial charge in [0, 0.05) is 50.0 Å². The van der Waals surface area contributed by atoms with Crippen LogP contribution in [-0.2, 0) is 46.8 Å². The van der Waals surface area contributed by atoms with E-state index in [0.29, 0.717) is 56.0 Å². The quantitative estimate of drug-likeness (QED) is 0.249. The van der Waals surface area contributed by atoms with Gasteiger partial charge in [-0.3, -0.25) is 19.4 Å². The molecule has 0 bridgehead atoms. The number of rotatable bonds is 10. The van der Waals surface area contributed by atoms with E-state index in [-0.39, 0.29) is 29.3 Å². The van der Waals surface area contributed by atoms with Crippen LogP contribution < -0.4 is 10.9 Å². The van der Waals surface area contributed by atoms with Gasteiger partial charge in [-0.1, -0.05) is 24.3 Å². The molecule has 0 spiro atoms. The number of nitrogens with zero attached hydrogens (tertiary/aromatic N) is 3. The van der Waals surface area contributed by atoms with Crippen LogP contribution in [0.2, 0.25) is 0 Å². The topological polar surface area (TPSA) is 104 Å². The monoisotopic (exact) mass is 804 g/mol. The van der Waals surface area contributed by atoms with Crippen LogP contribution in [0.3, 0.4) is 0 Å². The van der Waals surface area contributed by atoms with Gasteiger partial charge < -0.3 is 19.7 Å². The van der Waals surface area contributed by atoms with Crippen LogP contribution >= 0.6 is 0 Å². The van der Waals surface area contributed by atoms with Crippen molar-refractivity contribution < 1.29 is 58.9 Å². The molecule has 56 heavy (non-hydrogen) atoms. The Morgan fingerprint density at radius 3 is 2.25 bits per heavy atom. The van der Waals surface area contributed by atoms with E-state index in [1.54, 1.807) is 6.07 Å². The fourth-order valence-corrected chi connectivity index (χ4v) is 8.44. The smallest absolute Gasteiger partial charge is 0.417 e. The van der Waals surface area contributed by atoms with Crippen LogP contribution in [0.25, 0.3) is 10.9 Å². The number of amides is 1. The number of nitrogens with one attached hydrogen (secondary N) is 1. The number of hydrogen-bond donors (Lipinski definition) is 2. The Hall–Kier alpha value is -4.16. The Bertz CT molecular complexity index is 2010. The molecular formula is C38H41F9N4O5. The third kappa shape index (κ3) is 8.42. The summed E-state index contributed by atoms with van der Waals surface area (Å²) in [4.78, 5) is 42.4. The van der Waals surface area contributed by atoms with Gasteiger partial charge in [-0.2, -0.15) is 39.5 Å². The molecule has 2 saturated heterocycles. The number of carboxylic acid groups (broad SMARTS) is 1. The lowest BCUT2D eigenvalue weighted by Gasteiger charge is -2.42. The number of likely N-dealkylation sites (tertiary alicyclic amines) is 1. The second-order valence-electron chi connectivity index (χ2n) is 14.8. The second-order valence-corrected chi connectivity index (χ2v) is 14.8. The van der Waals surface area contributed by atoms with Gasteiger partial charge in [0.05, 0.1) is 30.8 Å². The maximum Gasteiger partial charge on any atom is 0.417 e. The van der Waals surface area contributed by atoms with E-state index < -0.39 is 103 Å². The number of pyridine rings is 1. The molecule has 2 aromatic carbocycles. The average Bonchev–Trinajstić information content (AvgIpc) is 3.55. The summed E-state index contributed by atoms with van der Waals surface area (Å²) in [7, 11) is 1.39. The number of morpholine rings is 1. The van der Waals surface area contributed by atoms with Crippen molar-refractivity contribution in [2.24, 2.45) is 12.5 Å². The molecule has 2 N–H and O–H groups in total. The maximum atomic E-state index is 15.1. The fraction of sp³-hybridized carbons (Fsp3) is 0.553. The summed E-state index contributed by atoms with van der Waals surface area (Å²) in [5.41, 5.74) is -3.81. The number of carbonyl (C=O) groups is 2. The van der Waals surface area contributed by atoms with Crippen molar-refractivity contribution in [2.45, 2.75) is 69.0 Å². The molecule has 2 atom stereocenters. The molecule has 3 aliphatic rings. The highest BCUT2D eigenvalue weighted by molar-refractivity contribution is 5.88. The summed E-state index contributed by atoms with van der Waals surface area (Å²) in [6.45, 7) is 0.242. The Morgan fingerprint density at radius 1 is 0.964 bits per heavy atom. The van der Waals surface area contributed by atoms with Crippen molar-refractivity contribution in [1.29, 1.82) is 0 Å². The number of piperidine rings is 1. The average molecular weight is 805 g/mol. The van der Waals surface area contributed by atoms with Crippen LogP contribution in [0.15, 0.2) is 41.2 Å². The summed E-state index contributed by atoms with van der Waals surface area (Å²) in [5, 5.41) is 11.9. The summed E-state index contributed by atoms with van der Waals surface area (Å²) in [6.07, 6.45) is -16.8. The van der Waals surface area contributed by atoms with Crippen molar-refractivity contribution in [3.05, 3.63) is 80.1 Å². The van der Waals surface area contributed by atoms with Crippen molar-refractivity contribution in [2.75, 3.05) is 52.5 Å². The number of aryl methyl sites for hydroxylation is 1. The predicted octanol–water partition coefficient (Wildman–Crippen LogP) is 5.83. The number of carbonyl (C=O) groups excluding carboxylic acids is 1. The lowest BCUT2D eigenvalue weighted by molar-refractivity contribution is -0.236. The first-order chi connectivity index (χ1) is 26.2. The van der Waals surface area contributed by atoms with Gasteiger partial charge in [0.15, 0.2) is 0 Å². The molecule has 1 unspecified atom stereocenters. The first-order valence-electron chi connectivity index (χ1n) is 18.2. The highest BCUT2D eigenvalue weighted by Crippen LogP contribution is 2.48. The number of benzene rings is 2. The molecule has 9 nitrogen and oxygen atoms in total. The molecule has 0 saturated carbocycles. The molecule has 1 aliphatic carbocycles. The van der Waals surface area contributed by atoms with E-state index in [2.05, 4.69) is 4.90 Å². The molecule has 3 aromatic rings. The lowest BCUT2D eigenvalue weighted by Crippen LogP contribution is -2.59. The Morgan fingerprint density at radius 2 is 1.64 bits per heavy atom. The summed E-state index contributed by atoms with van der Waals surface area (Å²) in [6, 6.07) is 7.18. The van der Waals surface area contributed by atoms with Crippen molar-refractivity contribution in [1.82, 2.24) is 19.7 Å². The largest absolute Gasteiger partial charge is 0.480 e. The molecule has 2 aliphatic heterocycles. The molecule has 1 aromatic heterocycles. The molecule has 1 amide bonds. The minimum atomic E-state index is -5.21. The highest BCUT2D eigenvalue weighted by Gasteiger charge is 2.61. The van der Waals surface area contributed by atoms with Gasteiger partial charge in [-0.05, 0) is 79.6 Å². The van der Waals surface area contributed by atoms with E-state index in [9.17, 15) is 45.8 Å². The number of halogens is 9. The molecule has 0 radical (unpaired) electrons. The van der Waals surface area contributed by atoms with Crippen LogP contribution in [0, 0.1) is 5.41 Å². The minimum absolute atomic E-state index is 0.0442. The van der Waals surface area contributed by atoms with Crippen LogP contribution in [0.1, 0.15) is 58.6 Å². The first-order valence-corrected chi connectivity index (χ1v) is 18.2. The highest BCUT2D eigenvalue weighted by atomic mass is 19.4. The Kier molecular flexibility index (Phi) is 11.6. The summed E-state index contributed by atoms with van der Waals surface area (Å²) in [5.74, 6) is -4.44. The van der Waals surface area contributed by atoms with Gasteiger partial charge in [-0.25, -0.2) is 4.79 Å². The Balaban J connectivity index is 1.30. The van der Waals surface area contributed by atoms with Gasteiger partial charge in [-0.15, -0.1) is 0 Å². The van der Waals surface area contributed by atoms with Crippen LogP contribution in [0.4, 0.5) is 39.5 Å². The van der Waals surface area contributed by atoms with E-state index in [1.807, 2.05) is 5.32 Å². The Labute approximate surface area is 315 Å². The van der Waals surface area contributed by atoms with E-state index in [1.165, 1.54) is 41.9 Å². The zero-order valence-corrected chi connectivity index (χ0v) is 30.3. The molecular weight excluding hydrogens is 763 g/mol. The van der Waals surface area contributed by atoms with Gasteiger partial charge in [0.25, 0.3) is 5.56 Å². The number of ether oxygens (including phenoxy) is 1. The second kappa shape index (κ2) is 15.6. The van der Waals surface area contributed by atoms with Crippen molar-refractivity contribution in [3.8, 4) is 0 Å². The van der Waals surface area contributed by atoms with Crippen molar-refractivity contribution in [3.63, 3.8) is 0 Å². The van der Waals surface area contributed by atoms with E-state index >= 15 is 13.2 Å². The SMILES string of the molecule is Cn1c(=O)c(C2CCc3c(C[C@H](NC(=O)C4(C(F)(F)F)CCN(CC(F)(F)F)CC4)C(=O)O)cccc32)c(C(F)(F)F)c2cc(CCN3CCOCC3)ccc21. The zero-order chi connectivity index (χ0) is 40.8. The number of hydrogen-bond acceptors (Lipinski definition) is 6. The van der Waals surface area contributed by atoms with E-state index in [4.69, 9.17) is 4.74 Å². The molecule has 18 heteroatoms. The minimum Gasteiger partial charge on any atom is -0.480 e. The number of fused-ring (bicyclic) bond motifs is 2. The number of carboxylic acids is 1. The van der Waals surface area contributed by atoms with Crippen LogP contribution in [0.5, 0.6) is 0 Å². The third-order valence-electron chi connectivity index (χ3n) is 11.4. The number of alkyl halides is 9. The molecule has 3 heterocycles. The van der Waals surface area contributed by atoms with Crippen LogP contribution in [-0.4, -0.2) is 102 Å². The standard InChI is InChI=1S/C38H41F9N4O5/c1-49-29-8-5-22(9-12-50-15-17-56-18-16-50)19-27(29)31(37(42,43)44)30(32(49)52)26-7-6-24-23(3-2-4-25(24)26)20-28(33(53)54)48-34(55)35(38(45,46)47)10-13-51(14-11-35)21-36(39,40)41/h2-5,8,19,26,28H,6-7,9-18,20-21H2,1H3,(H,48,55)(H,53,54)/t26?,28-/m0/s1. The van der Waals surface area contributed by atoms with Gasteiger partial charge in [0.2, 0.25) is 5.91 Å². The molecule has 2 fully saturated rings. The third-order valence-corrected chi connectivity index (χ3v) is 11.4. The number of aliphatic carboxylic acids is 1. The van der Waals surface area contributed by atoms with Crippen molar-refractivity contribution >= 4 is 22.8 Å². The first kappa shape index (κ1) is 41.5.